The van der Waals surface area contributed by atoms with Crippen molar-refractivity contribution in [2.24, 2.45) is 10.9 Å². The summed E-state index contributed by atoms with van der Waals surface area (Å²) in [6.07, 6.45) is 9.90. The van der Waals surface area contributed by atoms with Gasteiger partial charge in [-0.25, -0.2) is 0 Å². The van der Waals surface area contributed by atoms with Crippen molar-refractivity contribution >= 4 is 5.96 Å². The Kier molecular flexibility index (Phi) is 11.8. The lowest BCUT2D eigenvalue weighted by molar-refractivity contribution is 0.0203. The molecule has 1 atom stereocenters. The van der Waals surface area contributed by atoms with Gasteiger partial charge in [0, 0.05) is 52.6 Å². The Bertz CT molecular complexity index is 400. The summed E-state index contributed by atoms with van der Waals surface area (Å²) in [4.78, 5) is 6.96. The van der Waals surface area contributed by atoms with E-state index in [9.17, 15) is 0 Å². The summed E-state index contributed by atoms with van der Waals surface area (Å²) in [7, 11) is 1.84. The van der Waals surface area contributed by atoms with Crippen molar-refractivity contribution in [3.05, 3.63) is 0 Å². The summed E-state index contributed by atoms with van der Waals surface area (Å²) in [6.45, 7) is 10.3. The van der Waals surface area contributed by atoms with Gasteiger partial charge in [-0.3, -0.25) is 4.99 Å². The summed E-state index contributed by atoms with van der Waals surface area (Å²) >= 11 is 0. The quantitative estimate of drug-likeness (QED) is 0.327. The van der Waals surface area contributed by atoms with Gasteiger partial charge in [-0.2, -0.15) is 0 Å². The van der Waals surface area contributed by atoms with E-state index < -0.39 is 0 Å². The van der Waals surface area contributed by atoms with Crippen molar-refractivity contribution in [2.75, 3.05) is 59.7 Å². The lowest BCUT2D eigenvalue weighted by Gasteiger charge is -2.33. The molecule has 0 aromatic carbocycles. The van der Waals surface area contributed by atoms with Crippen LogP contribution < -0.4 is 10.6 Å². The van der Waals surface area contributed by atoms with E-state index in [0.717, 1.165) is 70.8 Å². The van der Waals surface area contributed by atoms with Crippen molar-refractivity contribution in [1.82, 2.24) is 15.5 Å². The average molecular weight is 383 g/mol. The number of hydrogen-bond donors (Lipinski definition) is 2. The number of nitrogens with one attached hydrogen (secondary N) is 2. The highest BCUT2D eigenvalue weighted by Gasteiger charge is 2.17. The Hall–Kier alpha value is -0.850. The summed E-state index contributed by atoms with van der Waals surface area (Å²) in [5.41, 5.74) is 0. The zero-order valence-electron chi connectivity index (χ0n) is 17.7. The number of unbranched alkanes of at least 4 members (excludes halogenated alkanes) is 1. The van der Waals surface area contributed by atoms with Gasteiger partial charge in [0.1, 0.15) is 0 Å². The van der Waals surface area contributed by atoms with Crippen LogP contribution in [0.4, 0.5) is 0 Å². The number of hydrogen-bond acceptors (Lipinski definition) is 4. The van der Waals surface area contributed by atoms with Crippen LogP contribution in [-0.4, -0.2) is 76.6 Å². The van der Waals surface area contributed by atoms with E-state index in [1.54, 1.807) is 0 Å². The summed E-state index contributed by atoms with van der Waals surface area (Å²) in [5.74, 6) is 1.60. The van der Waals surface area contributed by atoms with Crippen molar-refractivity contribution in [3.8, 4) is 0 Å². The van der Waals surface area contributed by atoms with Crippen LogP contribution in [-0.2, 0) is 9.47 Å². The molecule has 0 amide bonds. The first-order chi connectivity index (χ1) is 13.3. The van der Waals surface area contributed by atoms with Crippen LogP contribution in [0.25, 0.3) is 0 Å². The molecule has 2 saturated heterocycles. The molecule has 0 aromatic rings. The number of nitrogens with zero attached hydrogens (tertiary/aromatic N) is 2. The molecule has 2 fully saturated rings. The third kappa shape index (κ3) is 9.77. The molecular formula is C21H42N4O2. The molecule has 0 saturated carbocycles. The molecule has 0 bridgehead atoms. The summed E-state index contributed by atoms with van der Waals surface area (Å²) in [6, 6.07) is 0.773. The second-order valence-electron chi connectivity index (χ2n) is 8.00. The van der Waals surface area contributed by atoms with E-state index in [1.807, 2.05) is 7.05 Å². The molecule has 0 aliphatic carbocycles. The fourth-order valence-corrected chi connectivity index (χ4v) is 3.90. The Morgan fingerprint density at radius 3 is 2.59 bits per heavy atom. The maximum Gasteiger partial charge on any atom is 0.190 e. The lowest BCUT2D eigenvalue weighted by atomic mass is 10.0. The third-order valence-electron chi connectivity index (χ3n) is 5.78. The van der Waals surface area contributed by atoms with E-state index in [0.29, 0.717) is 5.92 Å². The van der Waals surface area contributed by atoms with E-state index >= 15 is 0 Å². The highest BCUT2D eigenvalue weighted by atomic mass is 16.5. The molecule has 2 N–H and O–H groups in total. The largest absolute Gasteiger partial charge is 0.381 e. The SMILES string of the molecule is CN=C(NCCCCN1CCCCC1C)NCCCOCC1CCOCC1. The monoisotopic (exact) mass is 382 g/mol. The Morgan fingerprint density at radius 2 is 1.85 bits per heavy atom. The van der Waals surface area contributed by atoms with Gasteiger partial charge in [0.05, 0.1) is 0 Å². The van der Waals surface area contributed by atoms with Crippen LogP contribution in [0.15, 0.2) is 4.99 Å². The van der Waals surface area contributed by atoms with Crippen molar-refractivity contribution in [2.45, 2.75) is 64.3 Å². The first-order valence-corrected chi connectivity index (χ1v) is 11.1. The number of ether oxygens (including phenoxy) is 2. The fraction of sp³-hybridized carbons (Fsp3) is 0.952. The zero-order chi connectivity index (χ0) is 19.2. The minimum absolute atomic E-state index is 0.689. The molecule has 6 heteroatoms. The van der Waals surface area contributed by atoms with Crippen LogP contribution in [0, 0.1) is 5.92 Å². The maximum atomic E-state index is 5.81. The topological polar surface area (TPSA) is 58.1 Å². The van der Waals surface area contributed by atoms with Gasteiger partial charge in [0.2, 0.25) is 0 Å². The van der Waals surface area contributed by atoms with E-state index in [4.69, 9.17) is 9.47 Å². The highest BCUT2D eigenvalue weighted by molar-refractivity contribution is 5.79. The number of guanidine groups is 1. The van der Waals surface area contributed by atoms with Gasteiger partial charge < -0.3 is 25.0 Å². The van der Waals surface area contributed by atoms with Gasteiger partial charge in [-0.05, 0) is 70.9 Å². The lowest BCUT2D eigenvalue weighted by Crippen LogP contribution is -2.39. The second-order valence-corrected chi connectivity index (χ2v) is 8.00. The maximum absolute atomic E-state index is 5.81. The Balaban J connectivity index is 1.41. The number of piperidine rings is 1. The number of aliphatic imine (C=N–C) groups is 1. The number of rotatable bonds is 11. The van der Waals surface area contributed by atoms with Gasteiger partial charge in [-0.1, -0.05) is 6.42 Å². The average Bonchev–Trinajstić information content (AvgIpc) is 2.70. The van der Waals surface area contributed by atoms with Crippen molar-refractivity contribution in [1.29, 1.82) is 0 Å². The van der Waals surface area contributed by atoms with Gasteiger partial charge in [-0.15, -0.1) is 0 Å². The van der Waals surface area contributed by atoms with E-state index in [2.05, 4.69) is 27.4 Å². The minimum Gasteiger partial charge on any atom is -0.381 e. The van der Waals surface area contributed by atoms with Gasteiger partial charge in [0.15, 0.2) is 5.96 Å². The molecule has 2 rings (SSSR count). The van der Waals surface area contributed by atoms with Crippen LogP contribution in [0.5, 0.6) is 0 Å². The molecule has 0 spiro atoms. The smallest absolute Gasteiger partial charge is 0.190 e. The summed E-state index contributed by atoms with van der Waals surface area (Å²) < 4.78 is 11.2. The fourth-order valence-electron chi connectivity index (χ4n) is 3.90. The predicted octanol–water partition coefficient (Wildman–Crippen LogP) is 2.64. The molecular weight excluding hydrogens is 340 g/mol. The van der Waals surface area contributed by atoms with Crippen LogP contribution in [0.1, 0.15) is 58.3 Å². The van der Waals surface area contributed by atoms with Gasteiger partial charge >= 0.3 is 0 Å². The summed E-state index contributed by atoms with van der Waals surface area (Å²) in [5, 5.41) is 6.81. The highest BCUT2D eigenvalue weighted by Crippen LogP contribution is 2.16. The normalized spacial score (nSPS) is 22.7. The molecule has 6 nitrogen and oxygen atoms in total. The molecule has 0 radical (unpaired) electrons. The second kappa shape index (κ2) is 14.2. The molecule has 0 aromatic heterocycles. The zero-order valence-corrected chi connectivity index (χ0v) is 17.7. The van der Waals surface area contributed by atoms with Crippen LogP contribution >= 0.6 is 0 Å². The molecule has 2 aliphatic heterocycles. The van der Waals surface area contributed by atoms with Crippen molar-refractivity contribution in [3.63, 3.8) is 0 Å². The molecule has 27 heavy (non-hydrogen) atoms. The van der Waals surface area contributed by atoms with E-state index in [-0.39, 0.29) is 0 Å². The first kappa shape index (κ1) is 22.4. The standard InChI is InChI=1S/C21H42N4O2/c1-19-8-3-5-13-25(19)14-6-4-11-23-21(22-2)24-12-7-15-27-18-20-9-16-26-17-10-20/h19-20H,3-18H2,1-2H3,(H2,22,23,24). The third-order valence-corrected chi connectivity index (χ3v) is 5.78. The first-order valence-electron chi connectivity index (χ1n) is 11.1. The molecule has 158 valence electrons. The van der Waals surface area contributed by atoms with E-state index in [1.165, 1.54) is 45.2 Å². The number of likely N-dealkylation sites (tertiary alicyclic amines) is 1. The molecule has 1 unspecified atom stereocenters. The Labute approximate surface area is 166 Å². The molecule has 2 aliphatic rings. The van der Waals surface area contributed by atoms with Gasteiger partial charge in [0.25, 0.3) is 0 Å². The van der Waals surface area contributed by atoms with Crippen LogP contribution in [0.3, 0.4) is 0 Å². The Morgan fingerprint density at radius 1 is 1.07 bits per heavy atom. The molecule has 2 heterocycles. The van der Waals surface area contributed by atoms with Crippen LogP contribution in [0.2, 0.25) is 0 Å². The minimum atomic E-state index is 0.689. The van der Waals surface area contributed by atoms with Crippen molar-refractivity contribution < 1.29 is 9.47 Å². The predicted molar refractivity (Wildman–Crippen MR) is 112 cm³/mol.